The fraction of sp³-hybridized carbons (Fsp3) is 0.600. The van der Waals surface area contributed by atoms with Crippen molar-refractivity contribution in [2.45, 2.75) is 20.0 Å². The SMILES string of the molecule is CC(C)Oc1cccnc1C(=O)N1CC(CN(C)C)C1. The Morgan fingerprint density at radius 1 is 1.50 bits per heavy atom. The molecule has 20 heavy (non-hydrogen) atoms. The third kappa shape index (κ3) is 3.48. The minimum absolute atomic E-state index is 0.0311. The summed E-state index contributed by atoms with van der Waals surface area (Å²) >= 11 is 0. The Labute approximate surface area is 120 Å². The lowest BCUT2D eigenvalue weighted by molar-refractivity contribution is 0.0438. The van der Waals surface area contributed by atoms with E-state index in [1.165, 1.54) is 0 Å². The summed E-state index contributed by atoms with van der Waals surface area (Å²) in [4.78, 5) is 20.6. The van der Waals surface area contributed by atoms with Crippen LogP contribution in [0.1, 0.15) is 24.3 Å². The van der Waals surface area contributed by atoms with E-state index < -0.39 is 0 Å². The quantitative estimate of drug-likeness (QED) is 0.818. The molecule has 2 heterocycles. The molecule has 0 aliphatic carbocycles. The first-order valence-electron chi connectivity index (χ1n) is 7.03. The van der Waals surface area contributed by atoms with Crippen LogP contribution < -0.4 is 4.74 Å². The molecule has 5 heteroatoms. The Balaban J connectivity index is 2.00. The van der Waals surface area contributed by atoms with Crippen molar-refractivity contribution in [2.75, 3.05) is 33.7 Å². The molecule has 1 aliphatic heterocycles. The van der Waals surface area contributed by atoms with E-state index in [1.54, 1.807) is 18.3 Å². The predicted octanol–water partition coefficient (Wildman–Crippen LogP) is 1.50. The molecule has 1 fully saturated rings. The summed E-state index contributed by atoms with van der Waals surface area (Å²) in [6, 6.07) is 3.59. The van der Waals surface area contributed by atoms with E-state index in [0.717, 1.165) is 19.6 Å². The van der Waals surface area contributed by atoms with E-state index in [9.17, 15) is 4.79 Å². The normalized spacial score (nSPS) is 15.6. The molecular weight excluding hydrogens is 254 g/mol. The van der Waals surface area contributed by atoms with Gasteiger partial charge in [0.1, 0.15) is 0 Å². The zero-order chi connectivity index (χ0) is 14.7. The van der Waals surface area contributed by atoms with Gasteiger partial charge in [-0.3, -0.25) is 4.79 Å². The van der Waals surface area contributed by atoms with Crippen LogP contribution in [0, 0.1) is 5.92 Å². The second kappa shape index (κ2) is 6.22. The molecule has 0 unspecified atom stereocenters. The number of nitrogens with zero attached hydrogens (tertiary/aromatic N) is 3. The fourth-order valence-electron chi connectivity index (χ4n) is 2.42. The minimum Gasteiger partial charge on any atom is -0.489 e. The van der Waals surface area contributed by atoms with E-state index >= 15 is 0 Å². The molecule has 0 aromatic carbocycles. The number of carbonyl (C=O) groups is 1. The summed E-state index contributed by atoms with van der Waals surface area (Å²) < 4.78 is 5.66. The van der Waals surface area contributed by atoms with Crippen LogP contribution in [0.2, 0.25) is 0 Å². The third-order valence-corrected chi connectivity index (χ3v) is 3.20. The molecular formula is C15H23N3O2. The maximum absolute atomic E-state index is 12.4. The Bertz CT molecular complexity index is 468. The summed E-state index contributed by atoms with van der Waals surface area (Å²) in [6.45, 7) is 6.50. The van der Waals surface area contributed by atoms with Crippen molar-refractivity contribution in [1.29, 1.82) is 0 Å². The second-order valence-corrected chi connectivity index (χ2v) is 5.86. The zero-order valence-electron chi connectivity index (χ0n) is 12.7. The Hall–Kier alpha value is -1.62. The van der Waals surface area contributed by atoms with Crippen molar-refractivity contribution in [2.24, 2.45) is 5.92 Å². The van der Waals surface area contributed by atoms with Crippen LogP contribution in [-0.4, -0.2) is 60.5 Å². The number of amides is 1. The van der Waals surface area contributed by atoms with Crippen LogP contribution in [0.15, 0.2) is 18.3 Å². The molecule has 1 aromatic heterocycles. The van der Waals surface area contributed by atoms with Crippen molar-refractivity contribution in [1.82, 2.24) is 14.8 Å². The lowest BCUT2D eigenvalue weighted by Crippen LogP contribution is -2.53. The van der Waals surface area contributed by atoms with Gasteiger partial charge in [-0.05, 0) is 40.1 Å². The highest BCUT2D eigenvalue weighted by Crippen LogP contribution is 2.23. The zero-order valence-corrected chi connectivity index (χ0v) is 12.7. The van der Waals surface area contributed by atoms with Crippen molar-refractivity contribution in [3.8, 4) is 5.75 Å². The first-order chi connectivity index (χ1) is 9.47. The van der Waals surface area contributed by atoms with Gasteiger partial charge in [0.25, 0.3) is 5.91 Å². The van der Waals surface area contributed by atoms with Gasteiger partial charge < -0.3 is 14.5 Å². The van der Waals surface area contributed by atoms with E-state index in [1.807, 2.05) is 18.7 Å². The first kappa shape index (κ1) is 14.8. The van der Waals surface area contributed by atoms with Gasteiger partial charge in [-0.2, -0.15) is 0 Å². The van der Waals surface area contributed by atoms with E-state index in [2.05, 4.69) is 24.0 Å². The lowest BCUT2D eigenvalue weighted by Gasteiger charge is -2.40. The molecule has 0 bridgehead atoms. The van der Waals surface area contributed by atoms with E-state index in [0.29, 0.717) is 17.4 Å². The van der Waals surface area contributed by atoms with Crippen molar-refractivity contribution in [3.05, 3.63) is 24.0 Å². The molecule has 2 rings (SSSR count). The van der Waals surface area contributed by atoms with Gasteiger partial charge in [0.05, 0.1) is 6.10 Å². The van der Waals surface area contributed by atoms with Crippen LogP contribution in [-0.2, 0) is 0 Å². The molecule has 1 saturated heterocycles. The molecule has 0 N–H and O–H groups in total. The molecule has 0 saturated carbocycles. The number of rotatable bonds is 5. The minimum atomic E-state index is -0.0312. The molecule has 0 spiro atoms. The van der Waals surface area contributed by atoms with Gasteiger partial charge in [0, 0.05) is 31.7 Å². The van der Waals surface area contributed by atoms with Crippen LogP contribution in [0.5, 0.6) is 5.75 Å². The predicted molar refractivity (Wildman–Crippen MR) is 77.9 cm³/mol. The topological polar surface area (TPSA) is 45.7 Å². The molecule has 1 amide bonds. The first-order valence-corrected chi connectivity index (χ1v) is 7.03. The number of likely N-dealkylation sites (tertiary alicyclic amines) is 1. The second-order valence-electron chi connectivity index (χ2n) is 5.86. The number of carbonyl (C=O) groups excluding carboxylic acids is 1. The Kier molecular flexibility index (Phi) is 4.60. The molecule has 5 nitrogen and oxygen atoms in total. The summed E-state index contributed by atoms with van der Waals surface area (Å²) in [7, 11) is 4.11. The number of ether oxygens (including phenoxy) is 1. The summed E-state index contributed by atoms with van der Waals surface area (Å²) in [5.41, 5.74) is 0.421. The fourth-order valence-corrected chi connectivity index (χ4v) is 2.42. The van der Waals surface area contributed by atoms with Gasteiger partial charge in [0.15, 0.2) is 11.4 Å². The monoisotopic (exact) mass is 277 g/mol. The van der Waals surface area contributed by atoms with Crippen molar-refractivity contribution in [3.63, 3.8) is 0 Å². The number of hydrogen-bond donors (Lipinski definition) is 0. The maximum atomic E-state index is 12.4. The van der Waals surface area contributed by atoms with Crippen LogP contribution in [0.3, 0.4) is 0 Å². The van der Waals surface area contributed by atoms with E-state index in [-0.39, 0.29) is 12.0 Å². The van der Waals surface area contributed by atoms with Gasteiger partial charge >= 0.3 is 0 Å². The lowest BCUT2D eigenvalue weighted by atomic mass is 9.99. The molecule has 110 valence electrons. The molecule has 1 aliphatic rings. The maximum Gasteiger partial charge on any atom is 0.276 e. The summed E-state index contributed by atoms with van der Waals surface area (Å²) in [5, 5.41) is 0. The van der Waals surface area contributed by atoms with Crippen molar-refractivity contribution < 1.29 is 9.53 Å². The van der Waals surface area contributed by atoms with Crippen LogP contribution in [0.25, 0.3) is 0 Å². The summed E-state index contributed by atoms with van der Waals surface area (Å²) in [6.07, 6.45) is 1.67. The van der Waals surface area contributed by atoms with Gasteiger partial charge in [0.2, 0.25) is 0 Å². The van der Waals surface area contributed by atoms with E-state index in [4.69, 9.17) is 4.74 Å². The number of aromatic nitrogens is 1. The van der Waals surface area contributed by atoms with Crippen LogP contribution >= 0.6 is 0 Å². The van der Waals surface area contributed by atoms with Gasteiger partial charge in [-0.15, -0.1) is 0 Å². The third-order valence-electron chi connectivity index (χ3n) is 3.20. The average Bonchev–Trinajstić information content (AvgIpc) is 2.32. The largest absolute Gasteiger partial charge is 0.489 e. The number of hydrogen-bond acceptors (Lipinski definition) is 4. The molecule has 1 aromatic rings. The molecule has 0 atom stereocenters. The highest BCUT2D eigenvalue weighted by Gasteiger charge is 2.33. The Morgan fingerprint density at radius 3 is 2.80 bits per heavy atom. The number of pyridine rings is 1. The Morgan fingerprint density at radius 2 is 2.20 bits per heavy atom. The highest BCUT2D eigenvalue weighted by atomic mass is 16.5. The standard InChI is InChI=1S/C15H23N3O2/c1-11(2)20-13-6-5-7-16-14(13)15(19)18-9-12(10-18)8-17(3)4/h5-7,11-12H,8-10H2,1-4H3. The highest BCUT2D eigenvalue weighted by molar-refractivity contribution is 5.95. The van der Waals surface area contributed by atoms with Crippen molar-refractivity contribution >= 4 is 5.91 Å². The summed E-state index contributed by atoms with van der Waals surface area (Å²) in [5.74, 6) is 1.10. The molecule has 0 radical (unpaired) electrons. The van der Waals surface area contributed by atoms with Gasteiger partial charge in [-0.1, -0.05) is 0 Å². The smallest absolute Gasteiger partial charge is 0.276 e. The average molecular weight is 277 g/mol. The van der Waals surface area contributed by atoms with Gasteiger partial charge in [-0.25, -0.2) is 4.98 Å². The van der Waals surface area contributed by atoms with Crippen LogP contribution in [0.4, 0.5) is 0 Å².